The maximum absolute atomic E-state index is 11.8. The predicted octanol–water partition coefficient (Wildman–Crippen LogP) is 3.03. The van der Waals surface area contributed by atoms with E-state index in [4.69, 9.17) is 4.74 Å². The quantitative estimate of drug-likeness (QED) is 0.860. The SMILES string of the molecule is Cc1cccc(OCC(C)NC(=O)NCc2cnc(C)s2)c1. The summed E-state index contributed by atoms with van der Waals surface area (Å²) >= 11 is 1.58. The summed E-state index contributed by atoms with van der Waals surface area (Å²) < 4.78 is 5.67. The molecular weight excluding hydrogens is 298 g/mol. The second-order valence-corrected chi connectivity index (χ2v) is 6.52. The molecule has 22 heavy (non-hydrogen) atoms. The lowest BCUT2D eigenvalue weighted by atomic mass is 10.2. The van der Waals surface area contributed by atoms with E-state index in [1.54, 1.807) is 17.5 Å². The van der Waals surface area contributed by atoms with Crippen molar-refractivity contribution in [2.45, 2.75) is 33.4 Å². The van der Waals surface area contributed by atoms with E-state index >= 15 is 0 Å². The molecule has 118 valence electrons. The molecule has 1 unspecified atom stereocenters. The van der Waals surface area contributed by atoms with E-state index in [-0.39, 0.29) is 12.1 Å². The van der Waals surface area contributed by atoms with Gasteiger partial charge < -0.3 is 15.4 Å². The van der Waals surface area contributed by atoms with Crippen molar-refractivity contribution in [3.05, 3.63) is 45.9 Å². The Balaban J connectivity index is 1.69. The molecule has 0 bridgehead atoms. The number of aryl methyl sites for hydroxylation is 2. The first kappa shape index (κ1) is 16.3. The number of aromatic nitrogens is 1. The molecule has 1 aromatic carbocycles. The van der Waals surface area contributed by atoms with Gasteiger partial charge in [0.1, 0.15) is 12.4 Å². The standard InChI is InChI=1S/C16H21N3O2S/c1-11-5-4-6-14(7-11)21-10-12(2)19-16(20)18-9-15-8-17-13(3)22-15/h4-8,12H,9-10H2,1-3H3,(H2,18,19,20). The monoisotopic (exact) mass is 319 g/mol. The van der Waals surface area contributed by atoms with Crippen molar-refractivity contribution in [3.8, 4) is 5.75 Å². The fraction of sp³-hybridized carbons (Fsp3) is 0.375. The van der Waals surface area contributed by atoms with Crippen LogP contribution in [-0.2, 0) is 6.54 Å². The summed E-state index contributed by atoms with van der Waals surface area (Å²) in [6, 6.07) is 7.57. The van der Waals surface area contributed by atoms with Crippen LogP contribution in [0.1, 0.15) is 22.4 Å². The highest BCUT2D eigenvalue weighted by Gasteiger charge is 2.08. The minimum absolute atomic E-state index is 0.0799. The zero-order valence-corrected chi connectivity index (χ0v) is 13.9. The topological polar surface area (TPSA) is 63.2 Å². The highest BCUT2D eigenvalue weighted by Crippen LogP contribution is 2.12. The lowest BCUT2D eigenvalue weighted by Crippen LogP contribution is -2.42. The zero-order valence-electron chi connectivity index (χ0n) is 13.1. The molecule has 0 aliphatic rings. The van der Waals surface area contributed by atoms with Gasteiger partial charge in [-0.3, -0.25) is 0 Å². The van der Waals surface area contributed by atoms with Gasteiger partial charge in [0, 0.05) is 11.1 Å². The molecule has 2 aromatic rings. The number of ether oxygens (including phenoxy) is 1. The lowest BCUT2D eigenvalue weighted by molar-refractivity contribution is 0.226. The number of carbonyl (C=O) groups is 1. The molecule has 2 N–H and O–H groups in total. The number of rotatable bonds is 6. The van der Waals surface area contributed by atoms with E-state index in [1.807, 2.05) is 45.0 Å². The van der Waals surface area contributed by atoms with Crippen LogP contribution in [0.3, 0.4) is 0 Å². The maximum atomic E-state index is 11.8. The van der Waals surface area contributed by atoms with Gasteiger partial charge in [0.05, 0.1) is 17.6 Å². The fourth-order valence-electron chi connectivity index (χ4n) is 1.90. The zero-order chi connectivity index (χ0) is 15.9. The van der Waals surface area contributed by atoms with Crippen LogP contribution >= 0.6 is 11.3 Å². The number of hydrogen-bond donors (Lipinski definition) is 2. The number of nitrogens with zero attached hydrogens (tertiary/aromatic N) is 1. The second kappa shape index (κ2) is 7.79. The maximum Gasteiger partial charge on any atom is 0.315 e. The second-order valence-electron chi connectivity index (χ2n) is 5.20. The van der Waals surface area contributed by atoms with Crippen LogP contribution in [0.2, 0.25) is 0 Å². The summed E-state index contributed by atoms with van der Waals surface area (Å²) in [5.74, 6) is 0.814. The molecule has 0 aliphatic carbocycles. The van der Waals surface area contributed by atoms with Crippen molar-refractivity contribution in [1.82, 2.24) is 15.6 Å². The van der Waals surface area contributed by atoms with Crippen molar-refractivity contribution >= 4 is 17.4 Å². The first-order valence-corrected chi connectivity index (χ1v) is 7.99. The van der Waals surface area contributed by atoms with Crippen molar-refractivity contribution in [2.24, 2.45) is 0 Å². The molecule has 0 radical (unpaired) electrons. The van der Waals surface area contributed by atoms with E-state index in [9.17, 15) is 4.79 Å². The van der Waals surface area contributed by atoms with E-state index in [0.717, 1.165) is 21.2 Å². The number of amides is 2. The molecule has 2 amide bonds. The third kappa shape index (κ3) is 5.37. The largest absolute Gasteiger partial charge is 0.491 e. The van der Waals surface area contributed by atoms with Gasteiger partial charge in [-0.15, -0.1) is 11.3 Å². The molecule has 0 fully saturated rings. The molecule has 6 heteroatoms. The number of benzene rings is 1. The van der Waals surface area contributed by atoms with Crippen LogP contribution in [0.4, 0.5) is 4.79 Å². The van der Waals surface area contributed by atoms with Gasteiger partial charge in [-0.25, -0.2) is 9.78 Å². The summed E-state index contributed by atoms with van der Waals surface area (Å²) in [5, 5.41) is 6.66. The van der Waals surface area contributed by atoms with Gasteiger partial charge in [0.15, 0.2) is 0 Å². The molecule has 1 heterocycles. The minimum Gasteiger partial charge on any atom is -0.491 e. The van der Waals surface area contributed by atoms with Crippen LogP contribution in [0.25, 0.3) is 0 Å². The Bertz CT molecular complexity index is 627. The molecule has 5 nitrogen and oxygen atoms in total. The van der Waals surface area contributed by atoms with Crippen LogP contribution in [0, 0.1) is 13.8 Å². The van der Waals surface area contributed by atoms with E-state index in [1.165, 1.54) is 0 Å². The molecule has 0 aliphatic heterocycles. The summed E-state index contributed by atoms with van der Waals surface area (Å²) in [7, 11) is 0. The average molecular weight is 319 g/mol. The third-order valence-electron chi connectivity index (χ3n) is 2.96. The summed E-state index contributed by atoms with van der Waals surface area (Å²) in [5.41, 5.74) is 1.15. The number of carbonyl (C=O) groups excluding carboxylic acids is 1. The summed E-state index contributed by atoms with van der Waals surface area (Å²) in [4.78, 5) is 17.0. The Morgan fingerprint density at radius 1 is 1.41 bits per heavy atom. The molecule has 0 spiro atoms. The number of urea groups is 1. The molecule has 1 aromatic heterocycles. The first-order chi connectivity index (χ1) is 10.5. The van der Waals surface area contributed by atoms with Gasteiger partial charge in [-0.1, -0.05) is 12.1 Å². The van der Waals surface area contributed by atoms with Gasteiger partial charge >= 0.3 is 6.03 Å². The smallest absolute Gasteiger partial charge is 0.315 e. The van der Waals surface area contributed by atoms with Crippen molar-refractivity contribution in [1.29, 1.82) is 0 Å². The summed E-state index contributed by atoms with van der Waals surface area (Å²) in [6.07, 6.45) is 1.78. The van der Waals surface area contributed by atoms with E-state index < -0.39 is 0 Å². The average Bonchev–Trinajstić information content (AvgIpc) is 2.89. The van der Waals surface area contributed by atoms with Gasteiger partial charge in [0.25, 0.3) is 0 Å². The van der Waals surface area contributed by atoms with Crippen LogP contribution in [0.5, 0.6) is 5.75 Å². The molecule has 0 saturated heterocycles. The Morgan fingerprint density at radius 2 is 2.23 bits per heavy atom. The number of nitrogens with one attached hydrogen (secondary N) is 2. The summed E-state index contributed by atoms with van der Waals surface area (Å²) in [6.45, 7) is 6.79. The molecule has 0 saturated carbocycles. The Hall–Kier alpha value is -2.08. The third-order valence-corrected chi connectivity index (χ3v) is 3.87. The number of hydrogen-bond acceptors (Lipinski definition) is 4. The van der Waals surface area contributed by atoms with Crippen molar-refractivity contribution in [2.75, 3.05) is 6.61 Å². The Labute approximate surface area is 134 Å². The molecule has 2 rings (SSSR count). The minimum atomic E-state index is -0.202. The Kier molecular flexibility index (Phi) is 5.77. The van der Waals surface area contributed by atoms with E-state index in [0.29, 0.717) is 13.2 Å². The highest BCUT2D eigenvalue weighted by molar-refractivity contribution is 7.11. The lowest BCUT2D eigenvalue weighted by Gasteiger charge is -2.15. The predicted molar refractivity (Wildman–Crippen MR) is 88.4 cm³/mol. The van der Waals surface area contributed by atoms with Crippen molar-refractivity contribution in [3.63, 3.8) is 0 Å². The van der Waals surface area contributed by atoms with Crippen LogP contribution < -0.4 is 15.4 Å². The highest BCUT2D eigenvalue weighted by atomic mass is 32.1. The van der Waals surface area contributed by atoms with Crippen molar-refractivity contribution < 1.29 is 9.53 Å². The van der Waals surface area contributed by atoms with E-state index in [2.05, 4.69) is 15.6 Å². The van der Waals surface area contributed by atoms with Gasteiger partial charge in [0.2, 0.25) is 0 Å². The number of thiazole rings is 1. The normalized spacial score (nSPS) is 11.8. The molecule has 1 atom stereocenters. The van der Waals surface area contributed by atoms with Gasteiger partial charge in [-0.05, 0) is 38.5 Å². The Morgan fingerprint density at radius 3 is 2.91 bits per heavy atom. The molecular formula is C16H21N3O2S. The fourth-order valence-corrected chi connectivity index (χ4v) is 2.63. The van der Waals surface area contributed by atoms with Gasteiger partial charge in [-0.2, -0.15) is 0 Å². The van der Waals surface area contributed by atoms with Crippen LogP contribution in [0.15, 0.2) is 30.5 Å². The first-order valence-electron chi connectivity index (χ1n) is 7.18. The van der Waals surface area contributed by atoms with Crippen LogP contribution in [-0.4, -0.2) is 23.7 Å².